The summed E-state index contributed by atoms with van der Waals surface area (Å²) in [5, 5.41) is 6.55. The van der Waals surface area contributed by atoms with Gasteiger partial charge in [0, 0.05) is 18.5 Å². The molecule has 1 N–H and O–H groups in total. The van der Waals surface area contributed by atoms with Gasteiger partial charge in [-0.3, -0.25) is 4.79 Å². The SMILES string of the molecule is COC(=O)c1cc(NC(=O)c2cnn(-c3ccc(F)cc3)c2-n2cccc2)c(F)cc1F. The standard InChI is InChI=1S/C22H15F3N4O3/c1-32-22(31)15-10-19(18(25)11-17(15)24)27-20(30)16-12-26-29(14-6-4-13(23)5-7-14)21(16)28-8-2-3-9-28/h2-12H,1H3,(H,27,30). The van der Waals surface area contributed by atoms with E-state index in [0.717, 1.165) is 13.2 Å². The zero-order valence-corrected chi connectivity index (χ0v) is 16.6. The molecule has 1 amide bonds. The molecule has 0 unspecified atom stereocenters. The molecule has 0 spiro atoms. The molecular formula is C22H15F3N4O3. The molecule has 0 saturated heterocycles. The van der Waals surface area contributed by atoms with Crippen LogP contribution in [-0.4, -0.2) is 33.3 Å². The van der Waals surface area contributed by atoms with E-state index in [-0.39, 0.29) is 5.56 Å². The first kappa shape index (κ1) is 20.9. The minimum Gasteiger partial charge on any atom is -0.465 e. The average molecular weight is 440 g/mol. The highest BCUT2D eigenvalue weighted by molar-refractivity contribution is 6.07. The number of rotatable bonds is 5. The van der Waals surface area contributed by atoms with Gasteiger partial charge in [0.1, 0.15) is 23.0 Å². The minimum absolute atomic E-state index is 0.0499. The fourth-order valence-electron chi connectivity index (χ4n) is 3.10. The van der Waals surface area contributed by atoms with Crippen LogP contribution in [0.2, 0.25) is 0 Å². The van der Waals surface area contributed by atoms with E-state index in [1.165, 1.54) is 35.1 Å². The predicted octanol–water partition coefficient (Wildman–Crippen LogP) is 4.12. The molecule has 32 heavy (non-hydrogen) atoms. The number of anilines is 1. The van der Waals surface area contributed by atoms with Gasteiger partial charge in [-0.15, -0.1) is 0 Å². The zero-order chi connectivity index (χ0) is 22.8. The lowest BCUT2D eigenvalue weighted by Crippen LogP contribution is -2.17. The molecule has 0 bridgehead atoms. The maximum atomic E-state index is 14.3. The second-order valence-electron chi connectivity index (χ2n) is 6.62. The molecule has 0 fully saturated rings. The first-order chi connectivity index (χ1) is 15.4. The topological polar surface area (TPSA) is 78.2 Å². The van der Waals surface area contributed by atoms with Crippen LogP contribution < -0.4 is 5.32 Å². The fraction of sp³-hybridized carbons (Fsp3) is 0.0455. The van der Waals surface area contributed by atoms with Gasteiger partial charge in [0.05, 0.1) is 30.2 Å². The van der Waals surface area contributed by atoms with E-state index < -0.39 is 40.6 Å². The van der Waals surface area contributed by atoms with Crippen molar-refractivity contribution in [1.29, 1.82) is 0 Å². The number of methoxy groups -OCH3 is 1. The Morgan fingerprint density at radius 3 is 2.31 bits per heavy atom. The minimum atomic E-state index is -1.12. The number of nitrogens with zero attached hydrogens (tertiary/aromatic N) is 3. The number of amides is 1. The van der Waals surface area contributed by atoms with Gasteiger partial charge in [-0.1, -0.05) is 0 Å². The molecule has 2 aromatic heterocycles. The van der Waals surface area contributed by atoms with E-state index >= 15 is 0 Å². The molecule has 162 valence electrons. The Bertz CT molecular complexity index is 1300. The van der Waals surface area contributed by atoms with Gasteiger partial charge < -0.3 is 14.6 Å². The van der Waals surface area contributed by atoms with Crippen molar-refractivity contribution in [2.75, 3.05) is 12.4 Å². The average Bonchev–Trinajstić information content (AvgIpc) is 3.45. The van der Waals surface area contributed by atoms with E-state index in [2.05, 4.69) is 15.2 Å². The van der Waals surface area contributed by atoms with Crippen molar-refractivity contribution >= 4 is 17.6 Å². The van der Waals surface area contributed by atoms with Crippen LogP contribution in [-0.2, 0) is 4.74 Å². The van der Waals surface area contributed by atoms with Gasteiger partial charge in [-0.05, 0) is 42.5 Å². The predicted molar refractivity (Wildman–Crippen MR) is 108 cm³/mol. The lowest BCUT2D eigenvalue weighted by Gasteiger charge is -2.12. The van der Waals surface area contributed by atoms with Gasteiger partial charge in [0.15, 0.2) is 5.82 Å². The summed E-state index contributed by atoms with van der Waals surface area (Å²) >= 11 is 0. The maximum Gasteiger partial charge on any atom is 0.340 e. The van der Waals surface area contributed by atoms with E-state index in [9.17, 15) is 22.8 Å². The molecule has 4 aromatic rings. The first-order valence-corrected chi connectivity index (χ1v) is 9.25. The number of nitrogens with one attached hydrogen (secondary N) is 1. The van der Waals surface area contributed by atoms with Crippen LogP contribution in [0.3, 0.4) is 0 Å². The second-order valence-corrected chi connectivity index (χ2v) is 6.62. The van der Waals surface area contributed by atoms with Crippen molar-refractivity contribution in [3.8, 4) is 11.5 Å². The number of carbonyl (C=O) groups excluding carboxylic acids is 2. The number of ether oxygens (including phenoxy) is 1. The third-order valence-electron chi connectivity index (χ3n) is 4.62. The van der Waals surface area contributed by atoms with Crippen LogP contribution in [0.15, 0.2) is 67.1 Å². The van der Waals surface area contributed by atoms with Crippen LogP contribution in [0.1, 0.15) is 20.7 Å². The lowest BCUT2D eigenvalue weighted by molar-refractivity contribution is 0.0595. The van der Waals surface area contributed by atoms with E-state index in [0.29, 0.717) is 17.6 Å². The smallest absolute Gasteiger partial charge is 0.340 e. The fourth-order valence-corrected chi connectivity index (χ4v) is 3.10. The molecule has 0 aliphatic carbocycles. The number of aromatic nitrogens is 3. The molecule has 10 heteroatoms. The Balaban J connectivity index is 1.75. The Hall–Kier alpha value is -4.34. The summed E-state index contributed by atoms with van der Waals surface area (Å²) in [6.07, 6.45) is 4.60. The normalized spacial score (nSPS) is 10.8. The second kappa shape index (κ2) is 8.42. The Morgan fingerprint density at radius 2 is 1.66 bits per heavy atom. The van der Waals surface area contributed by atoms with Crippen LogP contribution in [0.5, 0.6) is 0 Å². The molecule has 0 atom stereocenters. The molecule has 0 saturated carbocycles. The summed E-state index contributed by atoms with van der Waals surface area (Å²) in [5.41, 5.74) is -0.411. The number of benzene rings is 2. The summed E-state index contributed by atoms with van der Waals surface area (Å²) in [7, 11) is 1.05. The van der Waals surface area contributed by atoms with Gasteiger partial charge in [-0.2, -0.15) is 5.10 Å². The Morgan fingerprint density at radius 1 is 0.969 bits per heavy atom. The third kappa shape index (κ3) is 3.85. The van der Waals surface area contributed by atoms with Gasteiger partial charge >= 0.3 is 5.97 Å². The van der Waals surface area contributed by atoms with Crippen molar-refractivity contribution in [1.82, 2.24) is 14.3 Å². The van der Waals surface area contributed by atoms with Crippen LogP contribution in [0, 0.1) is 17.5 Å². The number of hydrogen-bond donors (Lipinski definition) is 1. The Labute approximate surface area is 179 Å². The summed E-state index contributed by atoms with van der Waals surface area (Å²) in [5.74, 6) is -4.11. The molecule has 4 rings (SSSR count). The van der Waals surface area contributed by atoms with Crippen LogP contribution in [0.25, 0.3) is 11.5 Å². The highest BCUT2D eigenvalue weighted by Gasteiger charge is 2.23. The van der Waals surface area contributed by atoms with Crippen molar-refractivity contribution in [2.24, 2.45) is 0 Å². The van der Waals surface area contributed by atoms with Gasteiger partial charge in [0.2, 0.25) is 0 Å². The largest absolute Gasteiger partial charge is 0.465 e. The summed E-state index contributed by atoms with van der Waals surface area (Å²) in [6, 6.07) is 10.3. The van der Waals surface area contributed by atoms with Gasteiger partial charge in [-0.25, -0.2) is 22.6 Å². The van der Waals surface area contributed by atoms with Crippen molar-refractivity contribution < 1.29 is 27.5 Å². The number of halogens is 3. The van der Waals surface area contributed by atoms with Crippen LogP contribution >= 0.6 is 0 Å². The first-order valence-electron chi connectivity index (χ1n) is 9.25. The molecule has 0 radical (unpaired) electrons. The maximum absolute atomic E-state index is 14.3. The number of carbonyl (C=O) groups is 2. The number of hydrogen-bond acceptors (Lipinski definition) is 4. The zero-order valence-electron chi connectivity index (χ0n) is 16.6. The highest BCUT2D eigenvalue weighted by atomic mass is 19.1. The van der Waals surface area contributed by atoms with Crippen molar-refractivity contribution in [2.45, 2.75) is 0 Å². The van der Waals surface area contributed by atoms with E-state index in [1.807, 2.05) is 0 Å². The summed E-state index contributed by atoms with van der Waals surface area (Å²) < 4.78 is 49.0. The summed E-state index contributed by atoms with van der Waals surface area (Å²) in [6.45, 7) is 0. The molecule has 7 nitrogen and oxygen atoms in total. The molecule has 0 aliphatic heterocycles. The molecular weight excluding hydrogens is 425 g/mol. The molecule has 2 heterocycles. The van der Waals surface area contributed by atoms with E-state index in [1.54, 1.807) is 29.1 Å². The lowest BCUT2D eigenvalue weighted by atomic mass is 10.1. The summed E-state index contributed by atoms with van der Waals surface area (Å²) in [4.78, 5) is 24.7. The monoisotopic (exact) mass is 440 g/mol. The van der Waals surface area contributed by atoms with E-state index in [4.69, 9.17) is 0 Å². The number of esters is 1. The highest BCUT2D eigenvalue weighted by Crippen LogP contribution is 2.24. The van der Waals surface area contributed by atoms with Crippen molar-refractivity contribution in [3.05, 3.63) is 95.7 Å². The molecule has 2 aromatic carbocycles. The van der Waals surface area contributed by atoms with Crippen molar-refractivity contribution in [3.63, 3.8) is 0 Å². The molecule has 0 aliphatic rings. The third-order valence-corrected chi connectivity index (χ3v) is 4.62. The van der Waals surface area contributed by atoms with Crippen LogP contribution in [0.4, 0.5) is 18.9 Å². The Kier molecular flexibility index (Phi) is 5.50. The quantitative estimate of drug-likeness (QED) is 0.474. The van der Waals surface area contributed by atoms with Gasteiger partial charge in [0.25, 0.3) is 5.91 Å².